The normalized spacial score (nSPS) is 11.2. The van der Waals surface area contributed by atoms with Gasteiger partial charge in [0.25, 0.3) is 0 Å². The van der Waals surface area contributed by atoms with Crippen LogP contribution in [0.25, 0.3) is 10.9 Å². The smallest absolute Gasteiger partial charge is 0.475 e. The second kappa shape index (κ2) is 7.77. The molecule has 2 N–H and O–H groups in total. The highest BCUT2D eigenvalue weighted by atomic mass is 19.4. The number of aliphatic carboxylic acids is 1. The van der Waals surface area contributed by atoms with E-state index in [1.54, 1.807) is 6.07 Å². The largest absolute Gasteiger partial charge is 0.490 e. The van der Waals surface area contributed by atoms with Crippen LogP contribution in [0.3, 0.4) is 0 Å². The maximum atomic E-state index is 11.1. The van der Waals surface area contributed by atoms with Gasteiger partial charge in [0, 0.05) is 18.1 Å². The summed E-state index contributed by atoms with van der Waals surface area (Å²) in [6, 6.07) is 9.61. The van der Waals surface area contributed by atoms with Crippen LogP contribution in [0.1, 0.15) is 5.56 Å². The molecule has 0 spiro atoms. The van der Waals surface area contributed by atoms with E-state index in [-0.39, 0.29) is 5.56 Å². The van der Waals surface area contributed by atoms with Gasteiger partial charge in [0.05, 0.1) is 0 Å². The van der Waals surface area contributed by atoms with E-state index in [0.29, 0.717) is 0 Å². The molecule has 2 aromatic rings. The Labute approximate surface area is 130 Å². The number of likely N-dealkylation sites (N-methyl/N-ethyl adjacent to an activating group) is 1. The van der Waals surface area contributed by atoms with Crippen LogP contribution in [-0.2, 0) is 11.2 Å². The van der Waals surface area contributed by atoms with E-state index in [4.69, 9.17) is 9.90 Å². The number of carboxylic acid groups (broad SMARTS) is 1. The molecule has 8 heteroatoms. The van der Waals surface area contributed by atoms with Crippen LogP contribution in [0.15, 0.2) is 35.1 Å². The van der Waals surface area contributed by atoms with Gasteiger partial charge in [-0.25, -0.2) is 4.79 Å². The molecule has 0 fully saturated rings. The average molecular weight is 330 g/mol. The van der Waals surface area contributed by atoms with Crippen LogP contribution >= 0.6 is 0 Å². The summed E-state index contributed by atoms with van der Waals surface area (Å²) in [4.78, 5) is 25.0. The fraction of sp³-hybridized carbons (Fsp3) is 0.333. The number of carboxylic acids is 1. The Bertz CT molecular complexity index is 724. The number of nitrogens with zero attached hydrogens (tertiary/aromatic N) is 1. The number of hydrogen-bond acceptors (Lipinski definition) is 3. The molecule has 0 aliphatic heterocycles. The number of rotatable bonds is 3. The number of hydrogen-bond donors (Lipinski definition) is 2. The van der Waals surface area contributed by atoms with Gasteiger partial charge in [0.1, 0.15) is 0 Å². The lowest BCUT2D eigenvalue weighted by Gasteiger charge is -2.09. The predicted octanol–water partition coefficient (Wildman–Crippen LogP) is 2.27. The van der Waals surface area contributed by atoms with Gasteiger partial charge < -0.3 is 15.0 Å². The molecule has 0 saturated heterocycles. The van der Waals surface area contributed by atoms with Gasteiger partial charge >= 0.3 is 12.1 Å². The molecule has 0 aliphatic carbocycles. The molecule has 0 aliphatic rings. The number of aromatic amines is 1. The summed E-state index contributed by atoms with van der Waals surface area (Å²) in [6.45, 7) is 1.04. The minimum absolute atomic E-state index is 0.0476. The van der Waals surface area contributed by atoms with Crippen LogP contribution in [0.2, 0.25) is 0 Å². The SMILES string of the molecule is CN(C)CCc1ccc2[nH]c(=O)ccc2c1.O=C(O)C(F)(F)F. The third-order valence-electron chi connectivity index (χ3n) is 2.88. The van der Waals surface area contributed by atoms with Crippen molar-refractivity contribution in [2.75, 3.05) is 20.6 Å². The monoisotopic (exact) mass is 330 g/mol. The lowest BCUT2D eigenvalue weighted by atomic mass is 10.1. The molecule has 0 unspecified atom stereocenters. The molecule has 0 saturated carbocycles. The molecule has 1 aromatic heterocycles. The first-order valence-corrected chi connectivity index (χ1v) is 6.66. The number of alkyl halides is 3. The van der Waals surface area contributed by atoms with Gasteiger partial charge in [-0.3, -0.25) is 4.79 Å². The van der Waals surface area contributed by atoms with E-state index < -0.39 is 12.1 Å². The van der Waals surface area contributed by atoms with Gasteiger partial charge in [-0.05, 0) is 49.7 Å². The first kappa shape index (κ1) is 18.7. The molecular formula is C15H17F3N2O3. The van der Waals surface area contributed by atoms with Gasteiger partial charge in [-0.15, -0.1) is 0 Å². The van der Waals surface area contributed by atoms with E-state index in [2.05, 4.69) is 36.1 Å². The molecule has 0 atom stereocenters. The third kappa shape index (κ3) is 6.52. The molecule has 0 bridgehead atoms. The van der Waals surface area contributed by atoms with E-state index in [9.17, 15) is 18.0 Å². The predicted molar refractivity (Wildman–Crippen MR) is 80.5 cm³/mol. The highest BCUT2D eigenvalue weighted by molar-refractivity contribution is 5.78. The molecule has 23 heavy (non-hydrogen) atoms. The van der Waals surface area contributed by atoms with Crippen LogP contribution in [0.5, 0.6) is 0 Å². The number of nitrogens with one attached hydrogen (secondary N) is 1. The second-order valence-electron chi connectivity index (χ2n) is 5.10. The molecule has 1 heterocycles. The lowest BCUT2D eigenvalue weighted by Crippen LogP contribution is -2.21. The van der Waals surface area contributed by atoms with Crippen molar-refractivity contribution in [1.82, 2.24) is 9.88 Å². The molecule has 1 aromatic carbocycles. The van der Waals surface area contributed by atoms with Crippen LogP contribution in [0.4, 0.5) is 13.2 Å². The van der Waals surface area contributed by atoms with E-state index in [0.717, 1.165) is 23.9 Å². The third-order valence-corrected chi connectivity index (χ3v) is 2.88. The number of H-pyrrole nitrogens is 1. The van der Waals surface area contributed by atoms with Crippen molar-refractivity contribution < 1.29 is 23.1 Å². The number of aromatic nitrogens is 1. The van der Waals surface area contributed by atoms with E-state index >= 15 is 0 Å². The minimum atomic E-state index is -5.08. The van der Waals surface area contributed by atoms with Gasteiger partial charge in [0.2, 0.25) is 5.56 Å². The molecule has 2 rings (SSSR count). The Balaban J connectivity index is 0.000000322. The summed E-state index contributed by atoms with van der Waals surface area (Å²) < 4.78 is 31.7. The van der Waals surface area contributed by atoms with Gasteiger partial charge in [-0.1, -0.05) is 6.07 Å². The molecule has 0 amide bonds. The first-order chi connectivity index (χ1) is 10.6. The second-order valence-corrected chi connectivity index (χ2v) is 5.10. The standard InChI is InChI=1S/C13H16N2O.C2HF3O2/c1-15(2)8-7-10-3-5-12-11(9-10)4-6-13(16)14-12;3-2(4,5)1(6)7/h3-6,9H,7-8H2,1-2H3,(H,14,16);(H,6,7). The summed E-state index contributed by atoms with van der Waals surface area (Å²) >= 11 is 0. The van der Waals surface area contributed by atoms with E-state index in [1.165, 1.54) is 5.56 Å². The van der Waals surface area contributed by atoms with Crippen molar-refractivity contribution in [2.24, 2.45) is 0 Å². The zero-order chi connectivity index (χ0) is 17.6. The quantitative estimate of drug-likeness (QED) is 0.905. The molecular weight excluding hydrogens is 313 g/mol. The number of carbonyl (C=O) groups is 1. The fourth-order valence-corrected chi connectivity index (χ4v) is 1.71. The van der Waals surface area contributed by atoms with Crippen LogP contribution in [-0.4, -0.2) is 47.8 Å². The lowest BCUT2D eigenvalue weighted by molar-refractivity contribution is -0.192. The van der Waals surface area contributed by atoms with Crippen molar-refractivity contribution in [2.45, 2.75) is 12.6 Å². The Morgan fingerprint density at radius 1 is 1.22 bits per heavy atom. The summed E-state index contributed by atoms with van der Waals surface area (Å²) in [5, 5.41) is 8.22. The molecule has 5 nitrogen and oxygen atoms in total. The highest BCUT2D eigenvalue weighted by Crippen LogP contribution is 2.13. The van der Waals surface area contributed by atoms with Crippen molar-refractivity contribution in [1.29, 1.82) is 0 Å². The van der Waals surface area contributed by atoms with Crippen LogP contribution in [0, 0.1) is 0 Å². The number of halogens is 3. The van der Waals surface area contributed by atoms with Crippen molar-refractivity contribution in [3.05, 3.63) is 46.2 Å². The molecule has 126 valence electrons. The molecule has 0 radical (unpaired) electrons. The van der Waals surface area contributed by atoms with Crippen molar-refractivity contribution in [3.8, 4) is 0 Å². The number of benzene rings is 1. The Kier molecular flexibility index (Phi) is 6.32. The number of pyridine rings is 1. The van der Waals surface area contributed by atoms with Crippen molar-refractivity contribution in [3.63, 3.8) is 0 Å². The maximum Gasteiger partial charge on any atom is 0.490 e. The van der Waals surface area contributed by atoms with Gasteiger partial charge in [-0.2, -0.15) is 13.2 Å². The van der Waals surface area contributed by atoms with Gasteiger partial charge in [0.15, 0.2) is 0 Å². The average Bonchev–Trinajstić information content (AvgIpc) is 2.44. The zero-order valence-electron chi connectivity index (χ0n) is 12.6. The van der Waals surface area contributed by atoms with Crippen molar-refractivity contribution >= 4 is 16.9 Å². The Hall–Kier alpha value is -2.35. The Morgan fingerprint density at radius 2 is 1.83 bits per heavy atom. The maximum absolute atomic E-state index is 11.1. The minimum Gasteiger partial charge on any atom is -0.475 e. The Morgan fingerprint density at radius 3 is 2.35 bits per heavy atom. The summed E-state index contributed by atoms with van der Waals surface area (Å²) in [6.07, 6.45) is -4.05. The van der Waals surface area contributed by atoms with E-state index in [1.807, 2.05) is 12.1 Å². The topological polar surface area (TPSA) is 73.4 Å². The highest BCUT2D eigenvalue weighted by Gasteiger charge is 2.38. The number of fused-ring (bicyclic) bond motifs is 1. The zero-order valence-corrected chi connectivity index (χ0v) is 12.6. The summed E-state index contributed by atoms with van der Waals surface area (Å²) in [5.74, 6) is -2.76. The summed E-state index contributed by atoms with van der Waals surface area (Å²) in [7, 11) is 4.14. The fourth-order valence-electron chi connectivity index (χ4n) is 1.71. The first-order valence-electron chi connectivity index (χ1n) is 6.66. The van der Waals surface area contributed by atoms with Crippen LogP contribution < -0.4 is 5.56 Å². The summed E-state index contributed by atoms with van der Waals surface area (Å²) in [5.41, 5.74) is 2.16.